The minimum absolute atomic E-state index is 0.176. The normalized spacial score (nSPS) is 16.2. The van der Waals surface area contributed by atoms with E-state index < -0.39 is 0 Å². The summed E-state index contributed by atoms with van der Waals surface area (Å²) < 4.78 is 10.9. The highest BCUT2D eigenvalue weighted by Crippen LogP contribution is 2.30. The Morgan fingerprint density at radius 1 is 1.00 bits per heavy atom. The molecule has 1 aliphatic heterocycles. The number of aromatic hydroxyl groups is 1. The number of rotatable bonds is 2. The first-order valence-corrected chi connectivity index (χ1v) is 7.82. The molecule has 0 aliphatic carbocycles. The van der Waals surface area contributed by atoms with Crippen LogP contribution in [0.25, 0.3) is 21.7 Å². The number of hydrogen-bond donors (Lipinski definition) is 2. The number of phenolic OH excluding ortho intramolecular Hbond substituents is 1. The monoisotopic (exact) mass is 312 g/mol. The SMILES string of the molecule is O=c1oc2c(C[NH+]3CCOCC3)c(O)ccc2c2ccccc12. The summed E-state index contributed by atoms with van der Waals surface area (Å²) in [4.78, 5) is 13.6. The molecular weight excluding hydrogens is 294 g/mol. The number of morpholine rings is 1. The Kier molecular flexibility index (Phi) is 3.52. The summed E-state index contributed by atoms with van der Waals surface area (Å²) in [5.41, 5.74) is 0.826. The smallest absolute Gasteiger partial charge is 0.344 e. The highest BCUT2D eigenvalue weighted by atomic mass is 16.5. The average molecular weight is 312 g/mol. The molecule has 2 N–H and O–H groups in total. The van der Waals surface area contributed by atoms with E-state index in [1.165, 1.54) is 4.90 Å². The zero-order valence-electron chi connectivity index (χ0n) is 12.7. The molecule has 0 spiro atoms. The van der Waals surface area contributed by atoms with Crippen molar-refractivity contribution in [3.63, 3.8) is 0 Å². The van der Waals surface area contributed by atoms with Gasteiger partial charge in [-0.25, -0.2) is 4.79 Å². The highest BCUT2D eigenvalue weighted by molar-refractivity contribution is 6.05. The van der Waals surface area contributed by atoms with Crippen LogP contribution in [0.2, 0.25) is 0 Å². The quantitative estimate of drug-likeness (QED) is 0.549. The lowest BCUT2D eigenvalue weighted by Gasteiger charge is -2.24. The van der Waals surface area contributed by atoms with Gasteiger partial charge in [0.2, 0.25) is 0 Å². The second-order valence-corrected chi connectivity index (χ2v) is 5.91. The minimum atomic E-state index is -0.364. The summed E-state index contributed by atoms with van der Waals surface area (Å²) in [5, 5.41) is 12.6. The van der Waals surface area contributed by atoms with Crippen molar-refractivity contribution in [3.8, 4) is 5.75 Å². The van der Waals surface area contributed by atoms with Crippen LogP contribution >= 0.6 is 0 Å². The second-order valence-electron chi connectivity index (χ2n) is 5.91. The molecule has 1 aliphatic rings. The number of fused-ring (bicyclic) bond motifs is 3. The van der Waals surface area contributed by atoms with E-state index in [1.54, 1.807) is 12.1 Å². The fourth-order valence-electron chi connectivity index (χ4n) is 3.25. The van der Waals surface area contributed by atoms with Crippen LogP contribution in [0.3, 0.4) is 0 Å². The molecule has 2 heterocycles. The van der Waals surface area contributed by atoms with Crippen molar-refractivity contribution in [2.45, 2.75) is 6.54 Å². The van der Waals surface area contributed by atoms with Crippen LogP contribution in [-0.4, -0.2) is 31.4 Å². The Bertz CT molecular complexity index is 925. The van der Waals surface area contributed by atoms with Gasteiger partial charge in [-0.2, -0.15) is 0 Å². The lowest BCUT2D eigenvalue weighted by atomic mass is 10.0. The van der Waals surface area contributed by atoms with Gasteiger partial charge in [0.15, 0.2) is 5.58 Å². The van der Waals surface area contributed by atoms with Crippen molar-refractivity contribution in [2.75, 3.05) is 26.3 Å². The van der Waals surface area contributed by atoms with E-state index in [-0.39, 0.29) is 11.4 Å². The van der Waals surface area contributed by atoms with E-state index in [4.69, 9.17) is 9.15 Å². The van der Waals surface area contributed by atoms with E-state index >= 15 is 0 Å². The summed E-state index contributed by atoms with van der Waals surface area (Å²) in [5.74, 6) is 0.176. The third-order valence-corrected chi connectivity index (χ3v) is 4.49. The van der Waals surface area contributed by atoms with Gasteiger partial charge in [0.1, 0.15) is 25.4 Å². The molecule has 5 heteroatoms. The van der Waals surface area contributed by atoms with Gasteiger partial charge in [-0.05, 0) is 23.6 Å². The average Bonchev–Trinajstić information content (AvgIpc) is 2.59. The number of benzene rings is 2. The van der Waals surface area contributed by atoms with Crippen LogP contribution < -0.4 is 10.5 Å². The molecular formula is C18H18NO4+. The number of quaternary nitrogens is 1. The predicted molar refractivity (Wildman–Crippen MR) is 86.9 cm³/mol. The fraction of sp³-hybridized carbons (Fsp3) is 0.278. The fourth-order valence-corrected chi connectivity index (χ4v) is 3.25. The van der Waals surface area contributed by atoms with Gasteiger partial charge in [-0.3, -0.25) is 0 Å². The van der Waals surface area contributed by atoms with Gasteiger partial charge in [-0.1, -0.05) is 18.2 Å². The summed E-state index contributed by atoms with van der Waals surface area (Å²) in [6.07, 6.45) is 0. The molecule has 23 heavy (non-hydrogen) atoms. The molecule has 0 unspecified atom stereocenters. The van der Waals surface area contributed by atoms with Crippen LogP contribution in [0.4, 0.5) is 0 Å². The lowest BCUT2D eigenvalue weighted by molar-refractivity contribution is -0.921. The molecule has 1 fully saturated rings. The third-order valence-electron chi connectivity index (χ3n) is 4.49. The van der Waals surface area contributed by atoms with E-state index in [9.17, 15) is 9.90 Å². The van der Waals surface area contributed by atoms with Gasteiger partial charge < -0.3 is 19.2 Å². The van der Waals surface area contributed by atoms with Gasteiger partial charge >= 0.3 is 5.63 Å². The van der Waals surface area contributed by atoms with Crippen LogP contribution in [0, 0.1) is 0 Å². The Hall–Kier alpha value is -2.37. The Morgan fingerprint density at radius 3 is 2.52 bits per heavy atom. The Labute approximate surface area is 132 Å². The molecule has 0 radical (unpaired) electrons. The molecule has 5 nitrogen and oxygen atoms in total. The highest BCUT2D eigenvalue weighted by Gasteiger charge is 2.20. The van der Waals surface area contributed by atoms with Gasteiger partial charge in [0.05, 0.1) is 24.2 Å². The number of nitrogens with one attached hydrogen (secondary N) is 1. The van der Waals surface area contributed by atoms with Crippen molar-refractivity contribution in [1.29, 1.82) is 0 Å². The molecule has 0 saturated carbocycles. The van der Waals surface area contributed by atoms with E-state index in [1.807, 2.05) is 24.3 Å². The zero-order valence-corrected chi connectivity index (χ0v) is 12.7. The van der Waals surface area contributed by atoms with E-state index in [0.29, 0.717) is 36.3 Å². The molecule has 4 rings (SSSR count). The molecule has 3 aromatic rings. The first kappa shape index (κ1) is 14.2. The van der Waals surface area contributed by atoms with Crippen LogP contribution in [0.15, 0.2) is 45.6 Å². The first-order valence-electron chi connectivity index (χ1n) is 7.82. The molecule has 0 bridgehead atoms. The van der Waals surface area contributed by atoms with Crippen molar-refractivity contribution in [2.24, 2.45) is 0 Å². The summed E-state index contributed by atoms with van der Waals surface area (Å²) >= 11 is 0. The lowest BCUT2D eigenvalue weighted by Crippen LogP contribution is -3.12. The number of hydrogen-bond acceptors (Lipinski definition) is 4. The molecule has 1 aromatic heterocycles. The van der Waals surface area contributed by atoms with E-state index in [0.717, 1.165) is 23.9 Å². The van der Waals surface area contributed by atoms with Crippen molar-refractivity contribution < 1.29 is 19.2 Å². The molecule has 1 saturated heterocycles. The van der Waals surface area contributed by atoms with Crippen LogP contribution in [0.1, 0.15) is 5.56 Å². The Morgan fingerprint density at radius 2 is 1.74 bits per heavy atom. The van der Waals surface area contributed by atoms with Crippen molar-refractivity contribution in [3.05, 3.63) is 52.4 Å². The predicted octanol–water partition coefficient (Wildman–Crippen LogP) is 1.07. The van der Waals surface area contributed by atoms with Crippen LogP contribution in [0.5, 0.6) is 5.75 Å². The molecule has 118 valence electrons. The van der Waals surface area contributed by atoms with Gasteiger partial charge in [0.25, 0.3) is 0 Å². The largest absolute Gasteiger partial charge is 0.507 e. The van der Waals surface area contributed by atoms with E-state index in [2.05, 4.69) is 0 Å². The van der Waals surface area contributed by atoms with Crippen molar-refractivity contribution >= 4 is 21.7 Å². The summed E-state index contributed by atoms with van der Waals surface area (Å²) in [7, 11) is 0. The molecule has 0 amide bonds. The van der Waals surface area contributed by atoms with Crippen LogP contribution in [-0.2, 0) is 11.3 Å². The molecule has 2 aromatic carbocycles. The Balaban J connectivity index is 1.92. The maximum absolute atomic E-state index is 12.3. The zero-order chi connectivity index (χ0) is 15.8. The third kappa shape index (κ3) is 2.48. The summed E-state index contributed by atoms with van der Waals surface area (Å²) in [6, 6.07) is 10.9. The first-order chi connectivity index (χ1) is 11.2. The van der Waals surface area contributed by atoms with Gasteiger partial charge in [-0.15, -0.1) is 0 Å². The number of ether oxygens (including phenoxy) is 1. The topological polar surface area (TPSA) is 64.1 Å². The van der Waals surface area contributed by atoms with Crippen molar-refractivity contribution in [1.82, 2.24) is 0 Å². The molecule has 0 atom stereocenters. The summed E-state index contributed by atoms with van der Waals surface area (Å²) in [6.45, 7) is 3.82. The second kappa shape index (κ2) is 5.68. The maximum Gasteiger partial charge on any atom is 0.344 e. The maximum atomic E-state index is 12.3. The van der Waals surface area contributed by atoms with Gasteiger partial charge in [0, 0.05) is 5.39 Å². The minimum Gasteiger partial charge on any atom is -0.507 e. The number of phenols is 1. The standard InChI is InChI=1S/C18H17NO4/c20-16-6-5-13-12-3-1-2-4-14(12)18(21)23-17(13)15(16)11-19-7-9-22-10-8-19/h1-6,20H,7-11H2/p+1.